The number of ether oxygens (including phenoxy) is 2. The molecule has 1 aliphatic rings. The van der Waals surface area contributed by atoms with Gasteiger partial charge in [0.2, 0.25) is 0 Å². The minimum absolute atomic E-state index is 0.130. The lowest BCUT2D eigenvalue weighted by atomic mass is 10.1. The predicted molar refractivity (Wildman–Crippen MR) is 132 cm³/mol. The van der Waals surface area contributed by atoms with Crippen LogP contribution in [0, 0.1) is 12.7 Å². The first-order valence-electron chi connectivity index (χ1n) is 11.1. The Labute approximate surface area is 202 Å². The molecule has 1 aliphatic heterocycles. The molecule has 2 aromatic heterocycles. The molecule has 2 atom stereocenters. The Morgan fingerprint density at radius 3 is 2.89 bits per heavy atom. The Kier molecular flexibility index (Phi) is 6.31. The summed E-state index contributed by atoms with van der Waals surface area (Å²) >= 11 is 0. The molecule has 0 amide bonds. The first-order valence-corrected chi connectivity index (χ1v) is 13.0. The molecule has 1 fully saturated rings. The van der Waals surface area contributed by atoms with E-state index in [0.29, 0.717) is 46.6 Å². The highest BCUT2D eigenvalue weighted by Gasteiger charge is 2.20. The molecular formula is C25H24FN5O3S. The van der Waals surface area contributed by atoms with Crippen LogP contribution in [0.25, 0.3) is 10.9 Å². The Bertz CT molecular complexity index is 1500. The zero-order valence-corrected chi connectivity index (χ0v) is 20.1. The largest absolute Gasteiger partial charge is 0.486 e. The lowest BCUT2D eigenvalue weighted by Crippen LogP contribution is -2.16. The Morgan fingerprint density at radius 1 is 1.23 bits per heavy atom. The minimum Gasteiger partial charge on any atom is -0.486 e. The highest BCUT2D eigenvalue weighted by atomic mass is 32.2. The molecule has 0 saturated carbocycles. The van der Waals surface area contributed by atoms with Gasteiger partial charge in [-0.1, -0.05) is 0 Å². The topological polar surface area (TPSA) is 98.6 Å². The number of rotatable bonds is 6. The number of aryl methyl sites for hydroxylation is 1. The SMILES string of the molecule is Cc1cc(N=S(C)(=O)c2cccnc2)cc2ncnc(Nc3ccc(F)cc3O[C@H]3CCOC3)c12. The van der Waals surface area contributed by atoms with Gasteiger partial charge in [-0.3, -0.25) is 4.98 Å². The molecular weight excluding hydrogens is 469 g/mol. The van der Waals surface area contributed by atoms with Crippen LogP contribution in [0.1, 0.15) is 12.0 Å². The number of benzene rings is 2. The van der Waals surface area contributed by atoms with E-state index in [1.165, 1.54) is 18.5 Å². The van der Waals surface area contributed by atoms with E-state index in [9.17, 15) is 8.60 Å². The van der Waals surface area contributed by atoms with Crippen LogP contribution in [0.4, 0.5) is 21.6 Å². The van der Waals surface area contributed by atoms with Gasteiger partial charge in [0, 0.05) is 36.5 Å². The number of halogens is 1. The van der Waals surface area contributed by atoms with Crippen molar-refractivity contribution < 1.29 is 18.1 Å². The van der Waals surface area contributed by atoms with Gasteiger partial charge in [0.1, 0.15) is 29.8 Å². The Hall–Kier alpha value is -3.63. The summed E-state index contributed by atoms with van der Waals surface area (Å²) in [5, 5.41) is 4.05. The van der Waals surface area contributed by atoms with E-state index >= 15 is 0 Å². The number of pyridine rings is 1. The van der Waals surface area contributed by atoms with Crippen LogP contribution in [-0.4, -0.2) is 44.7 Å². The maximum Gasteiger partial charge on any atom is 0.146 e. The fourth-order valence-electron chi connectivity index (χ4n) is 3.96. The predicted octanol–water partition coefficient (Wildman–Crippen LogP) is 5.17. The molecule has 4 aromatic rings. The number of aromatic nitrogens is 3. The first-order chi connectivity index (χ1) is 16.9. The van der Waals surface area contributed by atoms with Crippen molar-refractivity contribution in [2.24, 2.45) is 4.36 Å². The Morgan fingerprint density at radius 2 is 2.11 bits per heavy atom. The summed E-state index contributed by atoms with van der Waals surface area (Å²) in [4.78, 5) is 13.4. The van der Waals surface area contributed by atoms with Gasteiger partial charge in [0.05, 0.1) is 44.7 Å². The smallest absolute Gasteiger partial charge is 0.146 e. The normalized spacial score (nSPS) is 17.2. The van der Waals surface area contributed by atoms with Crippen LogP contribution in [0.15, 0.2) is 70.4 Å². The molecule has 0 spiro atoms. The number of fused-ring (bicyclic) bond motifs is 1. The average Bonchev–Trinajstić information content (AvgIpc) is 3.34. The third-order valence-corrected chi connectivity index (χ3v) is 7.32. The highest BCUT2D eigenvalue weighted by Crippen LogP contribution is 2.35. The van der Waals surface area contributed by atoms with E-state index in [1.807, 2.05) is 13.0 Å². The third kappa shape index (κ3) is 5.08. The van der Waals surface area contributed by atoms with Crippen LogP contribution in [0.5, 0.6) is 5.75 Å². The molecule has 3 heterocycles. The summed E-state index contributed by atoms with van der Waals surface area (Å²) in [6.07, 6.45) is 6.83. The molecule has 5 rings (SSSR count). The number of nitrogens with zero attached hydrogens (tertiary/aromatic N) is 4. The maximum absolute atomic E-state index is 14.0. The fourth-order valence-corrected chi connectivity index (χ4v) is 5.16. The molecule has 35 heavy (non-hydrogen) atoms. The van der Waals surface area contributed by atoms with E-state index < -0.39 is 15.5 Å². The van der Waals surface area contributed by atoms with Crippen LogP contribution < -0.4 is 10.1 Å². The van der Waals surface area contributed by atoms with Crippen LogP contribution in [0.2, 0.25) is 0 Å². The maximum atomic E-state index is 14.0. The lowest BCUT2D eigenvalue weighted by Gasteiger charge is -2.17. The molecule has 1 unspecified atom stereocenters. The van der Waals surface area contributed by atoms with E-state index in [4.69, 9.17) is 9.47 Å². The summed E-state index contributed by atoms with van der Waals surface area (Å²) in [6.45, 7) is 3.00. The highest BCUT2D eigenvalue weighted by molar-refractivity contribution is 7.93. The van der Waals surface area contributed by atoms with Crippen LogP contribution in [0.3, 0.4) is 0 Å². The van der Waals surface area contributed by atoms with Gasteiger partial charge in [-0.15, -0.1) is 0 Å². The number of hydrogen-bond donors (Lipinski definition) is 1. The van der Waals surface area contributed by atoms with Gasteiger partial charge in [-0.25, -0.2) is 18.6 Å². The number of nitrogens with one attached hydrogen (secondary N) is 1. The van der Waals surface area contributed by atoms with E-state index in [1.54, 1.807) is 42.9 Å². The van der Waals surface area contributed by atoms with Crippen LogP contribution in [-0.2, 0) is 14.5 Å². The molecule has 8 nitrogen and oxygen atoms in total. The molecule has 1 saturated heterocycles. The average molecular weight is 494 g/mol. The summed E-state index contributed by atoms with van der Waals surface area (Å²) < 4.78 is 43.1. The summed E-state index contributed by atoms with van der Waals surface area (Å²) in [7, 11) is -2.69. The molecule has 10 heteroatoms. The van der Waals surface area contributed by atoms with E-state index in [2.05, 4.69) is 24.6 Å². The summed E-state index contributed by atoms with van der Waals surface area (Å²) in [5.41, 5.74) is 2.61. The van der Waals surface area contributed by atoms with E-state index in [0.717, 1.165) is 17.4 Å². The van der Waals surface area contributed by atoms with E-state index in [-0.39, 0.29) is 6.10 Å². The lowest BCUT2D eigenvalue weighted by molar-refractivity contribution is 0.141. The van der Waals surface area contributed by atoms with Crippen molar-refractivity contribution in [3.63, 3.8) is 0 Å². The molecule has 2 aromatic carbocycles. The second-order valence-electron chi connectivity index (χ2n) is 8.33. The van der Waals surface area contributed by atoms with Crippen molar-refractivity contribution in [3.8, 4) is 5.75 Å². The van der Waals surface area contributed by atoms with Crippen molar-refractivity contribution in [2.75, 3.05) is 24.8 Å². The molecule has 0 radical (unpaired) electrons. The molecule has 0 bridgehead atoms. The minimum atomic E-state index is -2.69. The quantitative estimate of drug-likeness (QED) is 0.396. The Balaban J connectivity index is 1.52. The second kappa shape index (κ2) is 9.55. The first kappa shape index (κ1) is 23.1. The van der Waals surface area contributed by atoms with Crippen molar-refractivity contribution in [1.29, 1.82) is 0 Å². The fraction of sp³-hybridized carbons (Fsp3) is 0.240. The van der Waals surface area contributed by atoms with Crippen LogP contribution >= 0.6 is 0 Å². The second-order valence-corrected chi connectivity index (χ2v) is 10.6. The van der Waals surface area contributed by atoms with Gasteiger partial charge in [-0.2, -0.15) is 4.36 Å². The van der Waals surface area contributed by atoms with Gasteiger partial charge in [-0.05, 0) is 48.9 Å². The van der Waals surface area contributed by atoms with Crippen molar-refractivity contribution in [3.05, 3.63) is 72.6 Å². The molecule has 180 valence electrons. The molecule has 0 aliphatic carbocycles. The molecule has 1 N–H and O–H groups in total. The zero-order valence-electron chi connectivity index (χ0n) is 19.3. The monoisotopic (exact) mass is 493 g/mol. The number of hydrogen-bond acceptors (Lipinski definition) is 8. The number of anilines is 2. The summed E-state index contributed by atoms with van der Waals surface area (Å²) in [6, 6.07) is 11.4. The summed E-state index contributed by atoms with van der Waals surface area (Å²) in [5.74, 6) is 0.539. The zero-order chi connectivity index (χ0) is 24.4. The van der Waals surface area contributed by atoms with Gasteiger partial charge >= 0.3 is 0 Å². The van der Waals surface area contributed by atoms with Crippen molar-refractivity contribution in [1.82, 2.24) is 15.0 Å². The van der Waals surface area contributed by atoms with Crippen molar-refractivity contribution in [2.45, 2.75) is 24.3 Å². The standard InChI is InChI=1S/C25H24FN5O3S/c1-16-10-18(31-35(2,32)20-4-3-8-27-13-20)12-22-24(16)25(29-15-28-22)30-21-6-5-17(26)11-23(21)34-19-7-9-33-14-19/h3-6,8,10-13,15,19H,7,9,14H2,1-2H3,(H,28,29,30)/t19-,35?/m0/s1. The van der Waals surface area contributed by atoms with Crippen molar-refractivity contribution >= 4 is 37.8 Å². The third-order valence-electron chi connectivity index (χ3n) is 5.65. The van der Waals surface area contributed by atoms with Gasteiger partial charge in [0.25, 0.3) is 0 Å². The van der Waals surface area contributed by atoms with Gasteiger partial charge in [0.15, 0.2) is 0 Å². The van der Waals surface area contributed by atoms with Gasteiger partial charge < -0.3 is 14.8 Å².